The minimum Gasteiger partial charge on any atom is -0.355 e. The van der Waals surface area contributed by atoms with Gasteiger partial charge in [-0.15, -0.1) is 0 Å². The van der Waals surface area contributed by atoms with Crippen molar-refractivity contribution in [1.29, 1.82) is 0 Å². The number of anilines is 2. The number of aromatic amines is 1. The molecule has 2 aromatic heterocycles. The van der Waals surface area contributed by atoms with Crippen molar-refractivity contribution >= 4 is 22.4 Å². The van der Waals surface area contributed by atoms with Gasteiger partial charge in [-0.1, -0.05) is 24.3 Å². The van der Waals surface area contributed by atoms with E-state index in [9.17, 15) is 4.39 Å². The van der Waals surface area contributed by atoms with E-state index < -0.39 is 0 Å². The number of hydrogen-bond donors (Lipinski definition) is 2. The maximum atomic E-state index is 14.6. The number of nitrogens with one attached hydrogen (secondary N) is 2. The number of imidazole rings is 1. The topological polar surface area (TPSA) is 66.5 Å². The highest BCUT2D eigenvalue weighted by Gasteiger charge is 2.09. The molecule has 0 saturated carbocycles. The zero-order valence-corrected chi connectivity index (χ0v) is 15.3. The zero-order chi connectivity index (χ0) is 19.6. The largest absolute Gasteiger partial charge is 0.355 e. The summed E-state index contributed by atoms with van der Waals surface area (Å²) in [6.45, 7) is 0. The highest BCUT2D eigenvalue weighted by molar-refractivity contribution is 5.80. The molecule has 0 aliphatic rings. The number of H-pyrrole nitrogens is 1. The van der Waals surface area contributed by atoms with Crippen molar-refractivity contribution in [3.8, 4) is 22.6 Å². The van der Waals surface area contributed by atoms with Crippen molar-refractivity contribution in [3.63, 3.8) is 0 Å². The number of nitrogens with zero attached hydrogens (tertiary/aromatic N) is 3. The number of benzene rings is 3. The van der Waals surface area contributed by atoms with E-state index in [0.29, 0.717) is 16.9 Å². The predicted octanol–water partition coefficient (Wildman–Crippen LogP) is 5.57. The van der Waals surface area contributed by atoms with E-state index in [1.54, 1.807) is 24.4 Å². The summed E-state index contributed by atoms with van der Waals surface area (Å²) in [6, 6.07) is 24.2. The predicted molar refractivity (Wildman–Crippen MR) is 112 cm³/mol. The summed E-state index contributed by atoms with van der Waals surface area (Å²) in [6.07, 6.45) is 1.56. The van der Waals surface area contributed by atoms with Gasteiger partial charge in [-0.25, -0.2) is 9.37 Å². The molecule has 0 bridgehead atoms. The molecule has 0 atom stereocenters. The number of halogens is 1. The Balaban J connectivity index is 1.42. The van der Waals surface area contributed by atoms with Gasteiger partial charge >= 0.3 is 0 Å². The first-order valence-electron chi connectivity index (χ1n) is 9.16. The highest BCUT2D eigenvalue weighted by Crippen LogP contribution is 2.27. The van der Waals surface area contributed by atoms with E-state index in [-0.39, 0.29) is 5.82 Å². The van der Waals surface area contributed by atoms with E-state index in [1.807, 2.05) is 54.6 Å². The van der Waals surface area contributed by atoms with Crippen LogP contribution in [0.2, 0.25) is 0 Å². The summed E-state index contributed by atoms with van der Waals surface area (Å²) in [5, 5.41) is 11.0. The molecule has 140 valence electrons. The molecule has 0 aliphatic carbocycles. The molecule has 29 heavy (non-hydrogen) atoms. The summed E-state index contributed by atoms with van der Waals surface area (Å²) in [5.74, 6) is 0.433. The second-order valence-electron chi connectivity index (χ2n) is 6.61. The molecule has 2 heterocycles. The van der Waals surface area contributed by atoms with Gasteiger partial charge in [0.15, 0.2) is 0 Å². The first-order valence-corrected chi connectivity index (χ1v) is 9.16. The molecule has 0 saturated heterocycles. The van der Waals surface area contributed by atoms with E-state index in [0.717, 1.165) is 28.1 Å². The number of fused-ring (bicyclic) bond motifs is 1. The quantitative estimate of drug-likeness (QED) is 0.427. The maximum Gasteiger partial charge on any atom is 0.138 e. The van der Waals surface area contributed by atoms with Gasteiger partial charge in [0.1, 0.15) is 11.6 Å². The minimum atomic E-state index is -0.357. The molecule has 0 radical (unpaired) electrons. The first kappa shape index (κ1) is 17.1. The van der Waals surface area contributed by atoms with Crippen molar-refractivity contribution in [2.24, 2.45) is 0 Å². The van der Waals surface area contributed by atoms with E-state index in [1.165, 1.54) is 6.07 Å². The Kier molecular flexibility index (Phi) is 4.22. The third kappa shape index (κ3) is 3.43. The zero-order valence-electron chi connectivity index (χ0n) is 15.3. The summed E-state index contributed by atoms with van der Waals surface area (Å²) < 4.78 is 14.6. The smallest absolute Gasteiger partial charge is 0.138 e. The summed E-state index contributed by atoms with van der Waals surface area (Å²) in [5.41, 5.74) is 5.27. The molecular weight excluding hydrogens is 365 g/mol. The number of hydrogen-bond acceptors (Lipinski definition) is 4. The lowest BCUT2D eigenvalue weighted by Gasteiger charge is -2.09. The van der Waals surface area contributed by atoms with Crippen LogP contribution in [0.15, 0.2) is 85.1 Å². The average Bonchev–Trinajstić information content (AvgIpc) is 3.19. The Labute approximate surface area is 166 Å². The van der Waals surface area contributed by atoms with Crippen LogP contribution < -0.4 is 5.32 Å². The number of para-hydroxylation sites is 2. The number of rotatable bonds is 4. The SMILES string of the molecule is Fc1cc(Nc2cccc(-c3nc4ccccc4[nH]3)c2)ccc1-c1cccnn1. The van der Waals surface area contributed by atoms with Crippen LogP contribution in [0.5, 0.6) is 0 Å². The van der Waals surface area contributed by atoms with Gasteiger partial charge < -0.3 is 10.3 Å². The Bertz CT molecular complexity index is 1260. The van der Waals surface area contributed by atoms with Gasteiger partial charge in [0.25, 0.3) is 0 Å². The van der Waals surface area contributed by atoms with Crippen molar-refractivity contribution in [2.45, 2.75) is 0 Å². The lowest BCUT2D eigenvalue weighted by Crippen LogP contribution is -1.94. The van der Waals surface area contributed by atoms with Crippen LogP contribution in [0, 0.1) is 5.82 Å². The minimum absolute atomic E-state index is 0.357. The molecule has 0 spiro atoms. The van der Waals surface area contributed by atoms with E-state index in [2.05, 4.69) is 25.5 Å². The lowest BCUT2D eigenvalue weighted by atomic mass is 10.1. The molecule has 5 aromatic rings. The van der Waals surface area contributed by atoms with Gasteiger partial charge in [0.2, 0.25) is 0 Å². The van der Waals surface area contributed by atoms with Gasteiger partial charge in [-0.05, 0) is 54.6 Å². The number of aromatic nitrogens is 4. The molecule has 3 aromatic carbocycles. The normalized spacial score (nSPS) is 10.9. The van der Waals surface area contributed by atoms with Crippen LogP contribution in [0.1, 0.15) is 0 Å². The first-order chi connectivity index (χ1) is 14.3. The molecule has 5 nitrogen and oxygen atoms in total. The molecule has 6 heteroatoms. The Hall–Kier alpha value is -4.06. The second-order valence-corrected chi connectivity index (χ2v) is 6.61. The van der Waals surface area contributed by atoms with Gasteiger partial charge in [-0.2, -0.15) is 10.2 Å². The summed E-state index contributed by atoms with van der Waals surface area (Å²) >= 11 is 0. The third-order valence-corrected chi connectivity index (χ3v) is 4.63. The summed E-state index contributed by atoms with van der Waals surface area (Å²) in [4.78, 5) is 7.96. The lowest BCUT2D eigenvalue weighted by molar-refractivity contribution is 0.631. The molecule has 2 N–H and O–H groups in total. The van der Waals surface area contributed by atoms with Crippen molar-refractivity contribution in [1.82, 2.24) is 20.2 Å². The van der Waals surface area contributed by atoms with Gasteiger partial charge in [0, 0.05) is 28.7 Å². The molecule has 0 aliphatic heterocycles. The van der Waals surface area contributed by atoms with Crippen LogP contribution in [-0.4, -0.2) is 20.2 Å². The standard InChI is InChI=1S/C23H16FN5/c24-19-14-17(10-11-18(19)20-9-4-12-25-29-20)26-16-6-3-5-15(13-16)23-27-21-7-1-2-8-22(21)28-23/h1-14,26H,(H,27,28). The van der Waals surface area contributed by atoms with Crippen LogP contribution >= 0.6 is 0 Å². The fourth-order valence-electron chi connectivity index (χ4n) is 3.25. The summed E-state index contributed by atoms with van der Waals surface area (Å²) in [7, 11) is 0. The van der Waals surface area contributed by atoms with Gasteiger partial charge in [0.05, 0.1) is 16.7 Å². The van der Waals surface area contributed by atoms with Crippen LogP contribution in [-0.2, 0) is 0 Å². The van der Waals surface area contributed by atoms with Crippen LogP contribution in [0.4, 0.5) is 15.8 Å². The van der Waals surface area contributed by atoms with E-state index in [4.69, 9.17) is 0 Å². The molecule has 0 fully saturated rings. The fourth-order valence-corrected chi connectivity index (χ4v) is 3.25. The molecular formula is C23H16FN5. The second kappa shape index (κ2) is 7.16. The molecule has 0 unspecified atom stereocenters. The average molecular weight is 381 g/mol. The van der Waals surface area contributed by atoms with Crippen LogP contribution in [0.3, 0.4) is 0 Å². The Morgan fingerprint density at radius 2 is 1.72 bits per heavy atom. The molecule has 0 amide bonds. The van der Waals surface area contributed by atoms with Crippen molar-refractivity contribution in [3.05, 3.63) is 90.9 Å². The maximum absolute atomic E-state index is 14.6. The Morgan fingerprint density at radius 3 is 2.55 bits per heavy atom. The molecule has 5 rings (SSSR count). The Morgan fingerprint density at radius 1 is 0.828 bits per heavy atom. The van der Waals surface area contributed by atoms with Gasteiger partial charge in [-0.3, -0.25) is 0 Å². The van der Waals surface area contributed by atoms with Crippen molar-refractivity contribution in [2.75, 3.05) is 5.32 Å². The van der Waals surface area contributed by atoms with Crippen molar-refractivity contribution < 1.29 is 4.39 Å². The van der Waals surface area contributed by atoms with E-state index >= 15 is 0 Å². The highest BCUT2D eigenvalue weighted by atomic mass is 19.1. The fraction of sp³-hybridized carbons (Fsp3) is 0. The van der Waals surface area contributed by atoms with Crippen LogP contribution in [0.25, 0.3) is 33.7 Å². The third-order valence-electron chi connectivity index (χ3n) is 4.63. The monoisotopic (exact) mass is 381 g/mol.